The topological polar surface area (TPSA) is 50.8 Å². The minimum Gasteiger partial charge on any atom is -0.489 e. The van der Waals surface area contributed by atoms with Crippen LogP contribution in [0.3, 0.4) is 0 Å². The Morgan fingerprint density at radius 3 is 2.23 bits per heavy atom. The fraction of sp³-hybridized carbons (Fsp3) is 0.269. The summed E-state index contributed by atoms with van der Waals surface area (Å²) in [5.74, 6) is 0.666. The zero-order valence-electron chi connectivity index (χ0n) is 17.6. The van der Waals surface area contributed by atoms with Gasteiger partial charge in [-0.2, -0.15) is 0 Å². The van der Waals surface area contributed by atoms with E-state index in [1.165, 1.54) is 5.56 Å². The third-order valence-electron chi connectivity index (χ3n) is 5.49. The summed E-state index contributed by atoms with van der Waals surface area (Å²) in [5.41, 5.74) is 2.94. The van der Waals surface area contributed by atoms with E-state index in [1.807, 2.05) is 72.8 Å². The van der Waals surface area contributed by atoms with Gasteiger partial charge in [-0.05, 0) is 35.4 Å². The van der Waals surface area contributed by atoms with E-state index in [2.05, 4.69) is 22.3 Å². The number of nitrogens with one attached hydrogen (secondary N) is 1. The lowest BCUT2D eigenvalue weighted by Gasteiger charge is -2.35. The van der Waals surface area contributed by atoms with Crippen LogP contribution >= 0.6 is 0 Å². The molecule has 0 spiro atoms. The van der Waals surface area contributed by atoms with Crippen molar-refractivity contribution in [2.45, 2.75) is 12.6 Å². The van der Waals surface area contributed by atoms with Gasteiger partial charge in [-0.1, -0.05) is 60.7 Å². The van der Waals surface area contributed by atoms with E-state index in [1.54, 1.807) is 0 Å². The molecule has 0 radical (unpaired) electrons. The highest BCUT2D eigenvalue weighted by Gasteiger charge is 2.23. The second-order valence-electron chi connectivity index (χ2n) is 7.58. The lowest BCUT2D eigenvalue weighted by atomic mass is 10.0. The molecule has 0 aliphatic carbocycles. The number of benzene rings is 3. The molecule has 1 atom stereocenters. The van der Waals surface area contributed by atoms with Crippen LogP contribution in [0.2, 0.25) is 0 Å². The molecule has 0 aromatic heterocycles. The average molecular weight is 417 g/mol. The first-order chi connectivity index (χ1) is 15.3. The number of hydrogen-bond donors (Lipinski definition) is 1. The number of amides is 1. The van der Waals surface area contributed by atoms with E-state index in [9.17, 15) is 4.79 Å². The number of rotatable bonds is 8. The maximum Gasteiger partial charge on any atom is 0.251 e. The molecule has 5 heteroatoms. The highest BCUT2D eigenvalue weighted by Crippen LogP contribution is 2.21. The Balaban J connectivity index is 1.35. The first-order valence-corrected chi connectivity index (χ1v) is 10.7. The minimum absolute atomic E-state index is 0.0798. The van der Waals surface area contributed by atoms with Crippen LogP contribution in [0.25, 0.3) is 0 Å². The van der Waals surface area contributed by atoms with Gasteiger partial charge < -0.3 is 14.8 Å². The molecule has 0 saturated carbocycles. The van der Waals surface area contributed by atoms with Gasteiger partial charge >= 0.3 is 0 Å². The predicted molar refractivity (Wildman–Crippen MR) is 121 cm³/mol. The Morgan fingerprint density at radius 2 is 1.55 bits per heavy atom. The monoisotopic (exact) mass is 416 g/mol. The second kappa shape index (κ2) is 10.8. The second-order valence-corrected chi connectivity index (χ2v) is 7.58. The van der Waals surface area contributed by atoms with Crippen LogP contribution in [0.4, 0.5) is 0 Å². The molecule has 1 aliphatic heterocycles. The zero-order chi connectivity index (χ0) is 21.3. The Hall–Kier alpha value is -3.15. The Kier molecular flexibility index (Phi) is 7.32. The van der Waals surface area contributed by atoms with Gasteiger partial charge in [0.15, 0.2) is 0 Å². The predicted octanol–water partition coefficient (Wildman–Crippen LogP) is 4.07. The van der Waals surface area contributed by atoms with Crippen LogP contribution in [0, 0.1) is 0 Å². The summed E-state index contributed by atoms with van der Waals surface area (Å²) in [6.07, 6.45) is 0. The molecular weight excluding hydrogens is 388 g/mol. The third-order valence-corrected chi connectivity index (χ3v) is 5.49. The van der Waals surface area contributed by atoms with Crippen LogP contribution in [-0.4, -0.2) is 43.7 Å². The van der Waals surface area contributed by atoms with E-state index < -0.39 is 0 Å². The SMILES string of the molecule is O=C(NCC(c1ccccc1)N1CCOCC1)c1ccc(OCc2ccccc2)cc1. The number of carbonyl (C=O) groups is 1. The molecule has 3 aromatic rings. The molecular formula is C26H28N2O3. The van der Waals surface area contributed by atoms with Crippen LogP contribution in [0.1, 0.15) is 27.5 Å². The van der Waals surface area contributed by atoms with E-state index in [-0.39, 0.29) is 11.9 Å². The first-order valence-electron chi connectivity index (χ1n) is 10.7. The Bertz CT molecular complexity index is 939. The van der Waals surface area contributed by atoms with Crippen molar-refractivity contribution in [1.29, 1.82) is 0 Å². The van der Waals surface area contributed by atoms with E-state index in [0.29, 0.717) is 18.7 Å². The maximum atomic E-state index is 12.8. The van der Waals surface area contributed by atoms with Crippen molar-refractivity contribution < 1.29 is 14.3 Å². The van der Waals surface area contributed by atoms with Crippen molar-refractivity contribution in [3.8, 4) is 5.75 Å². The van der Waals surface area contributed by atoms with Crippen molar-refractivity contribution >= 4 is 5.91 Å². The Labute approximate surface area is 183 Å². The molecule has 3 aromatic carbocycles. The number of carbonyl (C=O) groups excluding carboxylic acids is 1. The molecule has 0 bridgehead atoms. The van der Waals surface area contributed by atoms with Crippen molar-refractivity contribution in [3.63, 3.8) is 0 Å². The van der Waals surface area contributed by atoms with Gasteiger partial charge in [0.05, 0.1) is 19.3 Å². The molecule has 1 amide bonds. The number of ether oxygens (including phenoxy) is 2. The zero-order valence-corrected chi connectivity index (χ0v) is 17.6. The summed E-state index contributed by atoms with van der Waals surface area (Å²) in [7, 11) is 0. The largest absolute Gasteiger partial charge is 0.489 e. The van der Waals surface area contributed by atoms with Gasteiger partial charge in [-0.25, -0.2) is 0 Å². The van der Waals surface area contributed by atoms with Crippen molar-refractivity contribution in [3.05, 3.63) is 102 Å². The average Bonchev–Trinajstić information content (AvgIpc) is 2.85. The fourth-order valence-electron chi connectivity index (χ4n) is 3.76. The highest BCUT2D eigenvalue weighted by molar-refractivity contribution is 5.94. The van der Waals surface area contributed by atoms with Crippen LogP contribution in [0.5, 0.6) is 5.75 Å². The fourth-order valence-corrected chi connectivity index (χ4v) is 3.76. The third kappa shape index (κ3) is 5.94. The maximum absolute atomic E-state index is 12.8. The molecule has 4 rings (SSSR count). The number of nitrogens with zero attached hydrogens (tertiary/aromatic N) is 1. The van der Waals surface area contributed by atoms with Gasteiger partial charge in [0.2, 0.25) is 0 Å². The molecule has 31 heavy (non-hydrogen) atoms. The number of morpholine rings is 1. The molecule has 5 nitrogen and oxygen atoms in total. The normalized spacial score (nSPS) is 15.2. The molecule has 1 aliphatic rings. The van der Waals surface area contributed by atoms with Crippen LogP contribution in [-0.2, 0) is 11.3 Å². The van der Waals surface area contributed by atoms with Crippen molar-refractivity contribution in [2.75, 3.05) is 32.8 Å². The minimum atomic E-state index is -0.0798. The highest BCUT2D eigenvalue weighted by atomic mass is 16.5. The van der Waals surface area contributed by atoms with Gasteiger partial charge in [0.25, 0.3) is 5.91 Å². The summed E-state index contributed by atoms with van der Waals surface area (Å²) in [5, 5.41) is 3.11. The van der Waals surface area contributed by atoms with E-state index >= 15 is 0 Å². The van der Waals surface area contributed by atoms with Gasteiger partial charge in [-0.15, -0.1) is 0 Å². The van der Waals surface area contributed by atoms with E-state index in [0.717, 1.165) is 37.6 Å². The summed E-state index contributed by atoms with van der Waals surface area (Å²) in [6, 6.07) is 27.8. The number of hydrogen-bond acceptors (Lipinski definition) is 4. The van der Waals surface area contributed by atoms with E-state index in [4.69, 9.17) is 9.47 Å². The quantitative estimate of drug-likeness (QED) is 0.602. The lowest BCUT2D eigenvalue weighted by molar-refractivity contribution is 0.0162. The summed E-state index contributed by atoms with van der Waals surface area (Å²) < 4.78 is 11.3. The molecule has 1 fully saturated rings. The molecule has 1 N–H and O–H groups in total. The Morgan fingerprint density at radius 1 is 0.903 bits per heavy atom. The van der Waals surface area contributed by atoms with Gasteiger partial charge in [-0.3, -0.25) is 9.69 Å². The first kappa shape index (κ1) is 21.1. The summed E-state index contributed by atoms with van der Waals surface area (Å²) >= 11 is 0. The lowest BCUT2D eigenvalue weighted by Crippen LogP contribution is -2.43. The van der Waals surface area contributed by atoms with Gasteiger partial charge in [0, 0.05) is 25.2 Å². The standard InChI is InChI=1S/C26H28N2O3/c29-26(23-11-13-24(14-12-23)31-20-21-7-3-1-4-8-21)27-19-25(22-9-5-2-6-10-22)28-15-17-30-18-16-28/h1-14,25H,15-20H2,(H,27,29). The van der Waals surface area contributed by atoms with Gasteiger partial charge in [0.1, 0.15) is 12.4 Å². The molecule has 1 unspecified atom stereocenters. The van der Waals surface area contributed by atoms with Crippen LogP contribution < -0.4 is 10.1 Å². The summed E-state index contributed by atoms with van der Waals surface area (Å²) in [4.78, 5) is 15.1. The molecule has 160 valence electrons. The van der Waals surface area contributed by atoms with Crippen molar-refractivity contribution in [2.24, 2.45) is 0 Å². The van der Waals surface area contributed by atoms with Crippen molar-refractivity contribution in [1.82, 2.24) is 10.2 Å². The van der Waals surface area contributed by atoms with Crippen LogP contribution in [0.15, 0.2) is 84.9 Å². The smallest absolute Gasteiger partial charge is 0.251 e. The molecule has 1 heterocycles. The summed E-state index contributed by atoms with van der Waals surface area (Å²) in [6.45, 7) is 4.23. The molecule has 1 saturated heterocycles.